The van der Waals surface area contributed by atoms with Gasteiger partial charge in [0.1, 0.15) is 12.8 Å². The normalized spacial score (nSPS) is 11.5. The minimum absolute atomic E-state index is 0.0944. The van der Waals surface area contributed by atoms with E-state index in [2.05, 4.69) is 6.07 Å². The number of amides is 1. The van der Waals surface area contributed by atoms with E-state index in [9.17, 15) is 19.6 Å². The van der Waals surface area contributed by atoms with Gasteiger partial charge < -0.3 is 14.4 Å². The molecule has 168 valence electrons. The third-order valence-corrected chi connectivity index (χ3v) is 5.95. The van der Waals surface area contributed by atoms with Crippen molar-refractivity contribution in [3.8, 4) is 6.07 Å². The number of nitriles is 1. The van der Waals surface area contributed by atoms with Crippen LogP contribution in [0.5, 0.6) is 0 Å². The summed E-state index contributed by atoms with van der Waals surface area (Å²) < 4.78 is 4.81. The molecule has 0 aromatic heterocycles. The van der Waals surface area contributed by atoms with Gasteiger partial charge in [-0.05, 0) is 47.0 Å². The Labute approximate surface area is 197 Å². The van der Waals surface area contributed by atoms with Gasteiger partial charge in [0, 0.05) is 29.5 Å². The van der Waals surface area contributed by atoms with Gasteiger partial charge in [-0.3, -0.25) is 9.59 Å². The van der Waals surface area contributed by atoms with Crippen molar-refractivity contribution < 1.29 is 19.1 Å². The van der Waals surface area contributed by atoms with Gasteiger partial charge in [0.05, 0.1) is 18.7 Å². The smallest absolute Gasteiger partial charge is 0.325 e. The highest BCUT2D eigenvalue weighted by molar-refractivity contribution is 6.31. The van der Waals surface area contributed by atoms with Crippen LogP contribution in [0.2, 0.25) is 5.02 Å². The molecule has 0 saturated carbocycles. The van der Waals surface area contributed by atoms with Gasteiger partial charge in [-0.1, -0.05) is 48.0 Å². The van der Waals surface area contributed by atoms with E-state index in [1.54, 1.807) is 24.3 Å². The molecule has 3 aromatic carbocycles. The molecule has 33 heavy (non-hydrogen) atoms. The Balaban J connectivity index is 2.05. The fourth-order valence-corrected chi connectivity index (χ4v) is 3.91. The topological polar surface area (TPSA) is 87.5 Å². The molecule has 0 bridgehead atoms. The molecule has 0 radical (unpaired) electrons. The van der Waals surface area contributed by atoms with Crippen LogP contribution in [0, 0.1) is 18.3 Å². The van der Waals surface area contributed by atoms with E-state index in [1.807, 2.05) is 31.2 Å². The quantitative estimate of drug-likeness (QED) is 0.359. The van der Waals surface area contributed by atoms with Crippen molar-refractivity contribution in [1.29, 1.82) is 5.26 Å². The van der Waals surface area contributed by atoms with Crippen LogP contribution in [-0.4, -0.2) is 43.3 Å². The number of fused-ring (bicyclic) bond motifs is 1. The second-order valence-corrected chi connectivity index (χ2v) is 8.13. The summed E-state index contributed by atoms with van der Waals surface area (Å²) >= 11 is 6.28. The molecule has 0 aliphatic rings. The molecule has 6 nitrogen and oxygen atoms in total. The average molecular weight is 463 g/mol. The zero-order chi connectivity index (χ0) is 24.0. The fourth-order valence-electron chi connectivity index (χ4n) is 3.72. The summed E-state index contributed by atoms with van der Waals surface area (Å²) in [6.45, 7) is 1.67. The number of aldehydes is 1. The molecular weight excluding hydrogens is 440 g/mol. The molecule has 3 aromatic rings. The molecule has 0 unspecified atom stereocenters. The number of hydrogen-bond donors (Lipinski definition) is 0. The Morgan fingerprint density at radius 2 is 1.94 bits per heavy atom. The number of aryl methyl sites for hydroxylation is 1. The number of esters is 1. The Bertz CT molecular complexity index is 1250. The Morgan fingerprint density at radius 1 is 1.18 bits per heavy atom. The molecular formula is C26H23ClN2O4. The monoisotopic (exact) mass is 462 g/mol. The van der Waals surface area contributed by atoms with Crippen molar-refractivity contribution in [3.05, 3.63) is 81.9 Å². The first kappa shape index (κ1) is 24.0. The summed E-state index contributed by atoms with van der Waals surface area (Å²) in [5, 5.41) is 11.4. The second kappa shape index (κ2) is 10.8. The number of nitrogens with zero attached hydrogens (tertiary/aromatic N) is 2. The van der Waals surface area contributed by atoms with Crippen LogP contribution in [0.1, 0.15) is 39.4 Å². The molecule has 7 heteroatoms. The zero-order valence-electron chi connectivity index (χ0n) is 18.4. The number of carbonyl (C=O) groups excluding carboxylic acids is 3. The van der Waals surface area contributed by atoms with Gasteiger partial charge in [-0.15, -0.1) is 0 Å². The van der Waals surface area contributed by atoms with E-state index in [0.29, 0.717) is 21.5 Å². The maximum absolute atomic E-state index is 13.7. The van der Waals surface area contributed by atoms with Crippen LogP contribution < -0.4 is 0 Å². The average Bonchev–Trinajstić information content (AvgIpc) is 2.83. The summed E-state index contributed by atoms with van der Waals surface area (Å²) in [5.74, 6) is -1.39. The van der Waals surface area contributed by atoms with E-state index in [4.69, 9.17) is 16.3 Å². The molecule has 0 N–H and O–H groups in total. The molecule has 0 aliphatic heterocycles. The predicted molar refractivity (Wildman–Crippen MR) is 126 cm³/mol. The van der Waals surface area contributed by atoms with Crippen molar-refractivity contribution in [2.24, 2.45) is 0 Å². The van der Waals surface area contributed by atoms with E-state index < -0.39 is 11.9 Å². The van der Waals surface area contributed by atoms with Gasteiger partial charge in [0.25, 0.3) is 5.91 Å². The van der Waals surface area contributed by atoms with E-state index in [0.717, 1.165) is 22.8 Å². The van der Waals surface area contributed by atoms with Crippen molar-refractivity contribution in [2.75, 3.05) is 20.2 Å². The number of benzene rings is 3. The molecule has 0 saturated heterocycles. The minimum Gasteiger partial charge on any atom is -0.468 e. The summed E-state index contributed by atoms with van der Waals surface area (Å²) in [6.07, 6.45) is 0.925. The summed E-state index contributed by atoms with van der Waals surface area (Å²) in [6, 6.07) is 18.0. The molecule has 0 spiro atoms. The largest absolute Gasteiger partial charge is 0.468 e. The van der Waals surface area contributed by atoms with Crippen molar-refractivity contribution in [3.63, 3.8) is 0 Å². The maximum Gasteiger partial charge on any atom is 0.325 e. The Hall–Kier alpha value is -3.69. The summed E-state index contributed by atoms with van der Waals surface area (Å²) in [7, 11) is 1.25. The number of halogens is 1. The fraction of sp³-hybridized carbons (Fsp3) is 0.231. The molecule has 0 heterocycles. The van der Waals surface area contributed by atoms with Crippen LogP contribution >= 0.6 is 11.6 Å². The van der Waals surface area contributed by atoms with Crippen molar-refractivity contribution in [2.45, 2.75) is 19.3 Å². The highest BCUT2D eigenvalue weighted by Crippen LogP contribution is 2.28. The van der Waals surface area contributed by atoms with Gasteiger partial charge in [-0.25, -0.2) is 0 Å². The maximum atomic E-state index is 13.7. The second-order valence-electron chi connectivity index (χ2n) is 7.73. The molecule has 0 aliphatic carbocycles. The molecule has 0 fully saturated rings. The highest BCUT2D eigenvalue weighted by atomic mass is 35.5. The number of methoxy groups -OCH3 is 1. The van der Waals surface area contributed by atoms with Crippen molar-refractivity contribution in [1.82, 2.24) is 4.90 Å². The lowest BCUT2D eigenvalue weighted by atomic mass is 9.94. The summed E-state index contributed by atoms with van der Waals surface area (Å²) in [4.78, 5) is 38.6. The first-order valence-corrected chi connectivity index (χ1v) is 10.7. The van der Waals surface area contributed by atoms with E-state index in [1.165, 1.54) is 18.1 Å². The van der Waals surface area contributed by atoms with Crippen LogP contribution in [0.3, 0.4) is 0 Å². The Morgan fingerprint density at radius 3 is 2.61 bits per heavy atom. The van der Waals surface area contributed by atoms with Gasteiger partial charge >= 0.3 is 5.97 Å². The third-order valence-electron chi connectivity index (χ3n) is 5.54. The van der Waals surface area contributed by atoms with Gasteiger partial charge in [0.2, 0.25) is 0 Å². The summed E-state index contributed by atoms with van der Waals surface area (Å²) in [5.41, 5.74) is 2.33. The number of carbonyl (C=O) groups is 3. The lowest BCUT2D eigenvalue weighted by Gasteiger charge is -2.27. The van der Waals surface area contributed by atoms with Crippen molar-refractivity contribution >= 4 is 40.5 Å². The molecule has 3 rings (SSSR count). The number of ether oxygens (including phenoxy) is 1. The molecule has 1 amide bonds. The van der Waals surface area contributed by atoms with Crippen LogP contribution in [0.15, 0.2) is 54.6 Å². The third kappa shape index (κ3) is 5.57. The van der Waals surface area contributed by atoms with Crippen LogP contribution in [0.25, 0.3) is 10.8 Å². The van der Waals surface area contributed by atoms with Crippen LogP contribution in [-0.2, 0) is 14.3 Å². The first-order valence-electron chi connectivity index (χ1n) is 10.4. The number of rotatable bonds is 8. The van der Waals surface area contributed by atoms with Crippen LogP contribution in [0.4, 0.5) is 0 Å². The van der Waals surface area contributed by atoms with Gasteiger partial charge in [0.15, 0.2) is 0 Å². The number of hydrogen-bond acceptors (Lipinski definition) is 5. The SMILES string of the molecule is COC(=O)CN(C[C@@H](CC=O)c1ccc(C)c(Cl)c1)C(=O)c1cc(C#N)cc2ccccc12. The molecule has 1 atom stereocenters. The predicted octanol–water partition coefficient (Wildman–Crippen LogP) is 4.66. The standard InChI is InChI=1S/C26H23ClN2O4/c1-17-7-8-19(13-24(17)27)21(9-10-30)15-29(16-25(31)33-2)26(32)23-12-18(14-28)11-20-5-3-4-6-22(20)23/h3-8,10-13,21H,9,15-16H2,1-2H3/t21-/m1/s1. The lowest BCUT2D eigenvalue weighted by Crippen LogP contribution is -2.39. The minimum atomic E-state index is -0.587. The Kier molecular flexibility index (Phi) is 7.81. The lowest BCUT2D eigenvalue weighted by molar-refractivity contribution is -0.141. The highest BCUT2D eigenvalue weighted by Gasteiger charge is 2.26. The van der Waals surface area contributed by atoms with E-state index in [-0.39, 0.29) is 25.4 Å². The van der Waals surface area contributed by atoms with E-state index >= 15 is 0 Å². The van der Waals surface area contributed by atoms with Gasteiger partial charge in [-0.2, -0.15) is 5.26 Å². The zero-order valence-corrected chi connectivity index (χ0v) is 19.1. The first-order chi connectivity index (χ1) is 15.9.